The number of rotatable bonds is 3. The first-order chi connectivity index (χ1) is 8.78. The molecule has 0 aliphatic heterocycles. The summed E-state index contributed by atoms with van der Waals surface area (Å²) in [6, 6.07) is 1.70. The van der Waals surface area contributed by atoms with Gasteiger partial charge in [0.25, 0.3) is 5.56 Å². The second kappa shape index (κ2) is 6.56. The molecule has 0 spiro atoms. The summed E-state index contributed by atoms with van der Waals surface area (Å²) in [4.78, 5) is 25.4. The normalized spacial score (nSPS) is 11.6. The number of aromatic amines is 1. The van der Waals surface area contributed by atoms with Crippen LogP contribution in [0.25, 0.3) is 6.08 Å². The predicted molar refractivity (Wildman–Crippen MR) is 78.0 cm³/mol. The SMILES string of the molecule is CC(C)(C)OC(=O)NCC=Cc1cc(Br)c[nH]c1=O. The predicted octanol–water partition coefficient (Wildman–Crippen LogP) is 2.68. The lowest BCUT2D eigenvalue weighted by Crippen LogP contribution is -2.32. The average Bonchev–Trinajstić information content (AvgIpc) is 2.26. The molecule has 19 heavy (non-hydrogen) atoms. The van der Waals surface area contributed by atoms with E-state index in [9.17, 15) is 9.59 Å². The lowest BCUT2D eigenvalue weighted by Gasteiger charge is -2.19. The van der Waals surface area contributed by atoms with Gasteiger partial charge in [-0.2, -0.15) is 0 Å². The second-order valence-electron chi connectivity index (χ2n) is 4.89. The van der Waals surface area contributed by atoms with Gasteiger partial charge in [-0.15, -0.1) is 0 Å². The maximum atomic E-state index is 11.4. The fourth-order valence-corrected chi connectivity index (χ4v) is 1.60. The van der Waals surface area contributed by atoms with Crippen molar-refractivity contribution in [2.45, 2.75) is 26.4 Å². The highest BCUT2D eigenvalue weighted by atomic mass is 79.9. The van der Waals surface area contributed by atoms with Crippen LogP contribution in [0.5, 0.6) is 0 Å². The summed E-state index contributed by atoms with van der Waals surface area (Å²) >= 11 is 3.27. The van der Waals surface area contributed by atoms with Crippen molar-refractivity contribution in [2.24, 2.45) is 0 Å². The van der Waals surface area contributed by atoms with E-state index in [1.54, 1.807) is 45.2 Å². The van der Waals surface area contributed by atoms with Crippen LogP contribution in [0.3, 0.4) is 0 Å². The fraction of sp³-hybridized carbons (Fsp3) is 0.385. The van der Waals surface area contributed by atoms with Crippen molar-refractivity contribution in [3.05, 3.63) is 38.7 Å². The topological polar surface area (TPSA) is 71.2 Å². The molecule has 0 aliphatic rings. The molecule has 6 heteroatoms. The van der Waals surface area contributed by atoms with Crippen LogP contribution in [0.1, 0.15) is 26.3 Å². The van der Waals surface area contributed by atoms with Crippen molar-refractivity contribution >= 4 is 28.1 Å². The largest absolute Gasteiger partial charge is 0.444 e. The summed E-state index contributed by atoms with van der Waals surface area (Å²) in [5.41, 5.74) is -0.188. The molecule has 1 amide bonds. The van der Waals surface area contributed by atoms with E-state index in [4.69, 9.17) is 4.74 Å². The Morgan fingerprint density at radius 1 is 1.53 bits per heavy atom. The van der Waals surface area contributed by atoms with E-state index in [0.717, 1.165) is 4.47 Å². The van der Waals surface area contributed by atoms with Crippen molar-refractivity contribution in [2.75, 3.05) is 6.54 Å². The summed E-state index contributed by atoms with van der Waals surface area (Å²) < 4.78 is 5.86. The van der Waals surface area contributed by atoms with Gasteiger partial charge < -0.3 is 15.0 Å². The van der Waals surface area contributed by atoms with Gasteiger partial charge in [-0.1, -0.05) is 12.2 Å². The fourth-order valence-electron chi connectivity index (χ4n) is 1.24. The summed E-state index contributed by atoms with van der Waals surface area (Å²) in [5.74, 6) is 0. The second-order valence-corrected chi connectivity index (χ2v) is 5.80. The molecule has 1 heterocycles. The van der Waals surface area contributed by atoms with Gasteiger partial charge in [0.1, 0.15) is 5.60 Å². The maximum Gasteiger partial charge on any atom is 0.407 e. The van der Waals surface area contributed by atoms with Gasteiger partial charge in [-0.05, 0) is 42.8 Å². The van der Waals surface area contributed by atoms with Crippen LogP contribution in [0.15, 0.2) is 27.6 Å². The van der Waals surface area contributed by atoms with Gasteiger partial charge in [-0.25, -0.2) is 4.79 Å². The quantitative estimate of drug-likeness (QED) is 0.896. The van der Waals surface area contributed by atoms with E-state index < -0.39 is 11.7 Å². The summed E-state index contributed by atoms with van der Waals surface area (Å²) in [6.07, 6.45) is 4.40. The number of amides is 1. The van der Waals surface area contributed by atoms with Crippen molar-refractivity contribution < 1.29 is 9.53 Å². The first-order valence-electron chi connectivity index (χ1n) is 5.79. The van der Waals surface area contributed by atoms with Crippen LogP contribution in [0.4, 0.5) is 4.79 Å². The number of hydrogen-bond donors (Lipinski definition) is 2. The van der Waals surface area contributed by atoms with E-state index in [0.29, 0.717) is 12.1 Å². The van der Waals surface area contributed by atoms with Crippen LogP contribution >= 0.6 is 15.9 Å². The molecule has 2 N–H and O–H groups in total. The molecule has 0 radical (unpaired) electrons. The molecule has 1 aromatic rings. The minimum absolute atomic E-state index is 0.184. The Balaban J connectivity index is 2.49. The number of pyridine rings is 1. The smallest absolute Gasteiger partial charge is 0.407 e. The number of nitrogens with one attached hydrogen (secondary N) is 2. The van der Waals surface area contributed by atoms with Crippen LogP contribution in [0.2, 0.25) is 0 Å². The van der Waals surface area contributed by atoms with Crippen molar-refractivity contribution in [3.8, 4) is 0 Å². The average molecular weight is 329 g/mol. The molecule has 1 rings (SSSR count). The first kappa shape index (κ1) is 15.5. The van der Waals surface area contributed by atoms with Crippen molar-refractivity contribution in [1.29, 1.82) is 0 Å². The zero-order valence-electron chi connectivity index (χ0n) is 11.1. The lowest BCUT2D eigenvalue weighted by molar-refractivity contribution is 0.0534. The molecule has 0 aromatic carbocycles. The molecule has 0 saturated heterocycles. The Labute approximate surface area is 120 Å². The zero-order chi connectivity index (χ0) is 14.5. The first-order valence-corrected chi connectivity index (χ1v) is 6.59. The summed E-state index contributed by atoms with van der Waals surface area (Å²) in [6.45, 7) is 5.68. The molecular formula is C13H17BrN2O3. The third-order valence-corrected chi connectivity index (χ3v) is 2.42. The molecule has 0 saturated carbocycles. The number of halogens is 1. The number of alkyl carbamates (subject to hydrolysis) is 1. The van der Waals surface area contributed by atoms with Crippen LogP contribution in [-0.4, -0.2) is 23.2 Å². The molecule has 104 valence electrons. The number of H-pyrrole nitrogens is 1. The van der Waals surface area contributed by atoms with Gasteiger partial charge in [0.05, 0.1) is 0 Å². The van der Waals surface area contributed by atoms with E-state index in [-0.39, 0.29) is 5.56 Å². The summed E-state index contributed by atoms with van der Waals surface area (Å²) in [5, 5.41) is 2.57. The highest BCUT2D eigenvalue weighted by molar-refractivity contribution is 9.10. The highest BCUT2D eigenvalue weighted by Gasteiger charge is 2.14. The van der Waals surface area contributed by atoms with Crippen LogP contribution < -0.4 is 10.9 Å². The van der Waals surface area contributed by atoms with Gasteiger partial charge >= 0.3 is 6.09 Å². The monoisotopic (exact) mass is 328 g/mol. The number of carbonyl (C=O) groups excluding carboxylic acids is 1. The molecular weight excluding hydrogens is 312 g/mol. The molecule has 1 aromatic heterocycles. The number of hydrogen-bond acceptors (Lipinski definition) is 3. The molecule has 5 nitrogen and oxygen atoms in total. The lowest BCUT2D eigenvalue weighted by atomic mass is 10.2. The maximum absolute atomic E-state index is 11.4. The number of aromatic nitrogens is 1. The Morgan fingerprint density at radius 3 is 2.84 bits per heavy atom. The van der Waals surface area contributed by atoms with E-state index in [1.165, 1.54) is 0 Å². The Bertz CT molecular complexity index is 529. The standard InChI is InChI=1S/C13H17BrN2O3/c1-13(2,3)19-12(18)15-6-4-5-9-7-10(14)8-16-11(9)17/h4-5,7-8H,6H2,1-3H3,(H,15,18)(H,16,17). The van der Waals surface area contributed by atoms with Crippen LogP contribution in [-0.2, 0) is 4.74 Å². The highest BCUT2D eigenvalue weighted by Crippen LogP contribution is 2.08. The van der Waals surface area contributed by atoms with Crippen molar-refractivity contribution in [3.63, 3.8) is 0 Å². The number of carbonyl (C=O) groups is 1. The molecule has 0 aliphatic carbocycles. The van der Waals surface area contributed by atoms with Crippen LogP contribution in [0, 0.1) is 0 Å². The van der Waals surface area contributed by atoms with Gasteiger partial charge in [0.15, 0.2) is 0 Å². The minimum Gasteiger partial charge on any atom is -0.444 e. The van der Waals surface area contributed by atoms with Gasteiger partial charge in [0, 0.05) is 22.8 Å². The minimum atomic E-state index is -0.519. The molecule has 0 bridgehead atoms. The van der Waals surface area contributed by atoms with E-state index in [1.807, 2.05) is 0 Å². The van der Waals surface area contributed by atoms with Crippen molar-refractivity contribution in [1.82, 2.24) is 10.3 Å². The molecule has 0 atom stereocenters. The Hall–Kier alpha value is -1.56. The van der Waals surface area contributed by atoms with E-state index >= 15 is 0 Å². The Morgan fingerprint density at radius 2 is 2.21 bits per heavy atom. The third-order valence-electron chi connectivity index (χ3n) is 1.96. The van der Waals surface area contributed by atoms with E-state index in [2.05, 4.69) is 26.2 Å². The van der Waals surface area contributed by atoms with Gasteiger partial charge in [-0.3, -0.25) is 4.79 Å². The van der Waals surface area contributed by atoms with Gasteiger partial charge in [0.2, 0.25) is 0 Å². The zero-order valence-corrected chi connectivity index (χ0v) is 12.7. The Kier molecular flexibility index (Phi) is 5.35. The summed E-state index contributed by atoms with van der Waals surface area (Å²) in [7, 11) is 0. The molecule has 0 unspecified atom stereocenters. The number of ether oxygens (including phenoxy) is 1. The third kappa shape index (κ3) is 6.24. The molecule has 0 fully saturated rings.